The van der Waals surface area contributed by atoms with Crippen molar-refractivity contribution < 1.29 is 9.47 Å². The van der Waals surface area contributed by atoms with Crippen molar-refractivity contribution in [3.8, 4) is 0 Å². The first kappa shape index (κ1) is 38.6. The van der Waals surface area contributed by atoms with Crippen molar-refractivity contribution in [1.82, 2.24) is 21.3 Å². The van der Waals surface area contributed by atoms with E-state index >= 15 is 0 Å². The van der Waals surface area contributed by atoms with Gasteiger partial charge in [0, 0.05) is 106 Å². The SMILES string of the molecule is CC1C2=C(OCCN2)C1C.CC1C2=C(OCCN2)C1C.CC1C2=C(SCCN2)C1C.CC1C2=C(SCCN2)C1C.CC1C2=C(SCCS2)C1C. The maximum atomic E-state index is 5.48. The first-order chi connectivity index (χ1) is 24.0. The smallest absolute Gasteiger partial charge is 0.119 e. The van der Waals surface area contributed by atoms with Crippen molar-refractivity contribution in [2.24, 2.45) is 59.2 Å². The van der Waals surface area contributed by atoms with Crippen LogP contribution in [-0.2, 0) is 9.47 Å². The summed E-state index contributed by atoms with van der Waals surface area (Å²) in [6, 6.07) is 0. The van der Waals surface area contributed by atoms with Gasteiger partial charge in [-0.3, -0.25) is 0 Å². The monoisotopic (exact) mass is 760 g/mol. The van der Waals surface area contributed by atoms with Crippen LogP contribution >= 0.6 is 47.0 Å². The van der Waals surface area contributed by atoms with Crippen molar-refractivity contribution in [2.75, 3.05) is 62.4 Å². The van der Waals surface area contributed by atoms with Gasteiger partial charge in [0.2, 0.25) is 0 Å². The zero-order chi connectivity index (χ0) is 35.7. The average Bonchev–Trinajstić information content (AvgIpc) is 3.20. The van der Waals surface area contributed by atoms with Crippen LogP contribution in [-0.4, -0.2) is 62.4 Å². The summed E-state index contributed by atoms with van der Waals surface area (Å²) in [4.78, 5) is 6.64. The fourth-order valence-electron chi connectivity index (χ4n) is 8.13. The topological polar surface area (TPSA) is 66.6 Å². The highest BCUT2D eigenvalue weighted by molar-refractivity contribution is 8.10. The Balaban J connectivity index is 0.000000108. The zero-order valence-corrected chi connectivity index (χ0v) is 35.6. The number of hydrogen-bond acceptors (Lipinski definition) is 10. The van der Waals surface area contributed by atoms with Gasteiger partial charge < -0.3 is 30.7 Å². The van der Waals surface area contributed by atoms with Crippen LogP contribution in [0.4, 0.5) is 0 Å². The highest BCUT2D eigenvalue weighted by Crippen LogP contribution is 2.54. The Kier molecular flexibility index (Phi) is 13.1. The van der Waals surface area contributed by atoms with E-state index in [0.717, 1.165) is 61.8 Å². The zero-order valence-electron chi connectivity index (χ0n) is 32.3. The molecule has 0 aromatic heterocycles. The van der Waals surface area contributed by atoms with E-state index in [0.29, 0.717) is 23.7 Å². The standard InChI is InChI=1S/2C8H13NO.2C8H13NS.C8H12S2/c5*1-5-6(2)8-7(5)9-3-4-10-8/h4*5-6,9H,3-4H2,1-2H3;5-6H,3-4H2,1-2H3. The molecule has 0 radical (unpaired) electrons. The van der Waals surface area contributed by atoms with E-state index in [1.165, 1.54) is 70.4 Å². The van der Waals surface area contributed by atoms with Crippen LogP contribution in [0.15, 0.2) is 53.9 Å². The molecule has 280 valence electrons. The molecule has 4 N–H and O–H groups in total. The van der Waals surface area contributed by atoms with Crippen LogP contribution in [0.3, 0.4) is 0 Å². The van der Waals surface area contributed by atoms with Crippen molar-refractivity contribution in [1.29, 1.82) is 0 Å². The molecule has 5 heterocycles. The van der Waals surface area contributed by atoms with Crippen molar-refractivity contribution in [3.05, 3.63) is 53.9 Å². The Morgan fingerprint density at radius 3 is 1.04 bits per heavy atom. The molecule has 0 spiro atoms. The minimum absolute atomic E-state index is 0.641. The van der Waals surface area contributed by atoms with Gasteiger partial charge in [-0.25, -0.2) is 0 Å². The van der Waals surface area contributed by atoms with Gasteiger partial charge in [-0.2, -0.15) is 0 Å². The lowest BCUT2D eigenvalue weighted by Crippen LogP contribution is -2.41. The van der Waals surface area contributed by atoms with E-state index in [1.54, 1.807) is 19.6 Å². The Morgan fingerprint density at radius 1 is 0.360 bits per heavy atom. The summed E-state index contributed by atoms with van der Waals surface area (Å²) in [5.74, 6) is 15.2. The number of allylic oxidation sites excluding steroid dienone is 10. The van der Waals surface area contributed by atoms with Crippen LogP contribution < -0.4 is 21.3 Å². The van der Waals surface area contributed by atoms with E-state index < -0.39 is 0 Å². The third-order valence-electron chi connectivity index (χ3n) is 12.7. The summed E-state index contributed by atoms with van der Waals surface area (Å²) in [6.07, 6.45) is 0. The quantitative estimate of drug-likeness (QED) is 0.193. The third kappa shape index (κ3) is 7.62. The molecule has 0 bridgehead atoms. The predicted octanol–water partition coefficient (Wildman–Crippen LogP) is 8.81. The van der Waals surface area contributed by atoms with E-state index in [9.17, 15) is 0 Å². The minimum atomic E-state index is 0.641. The molecule has 0 fully saturated rings. The second kappa shape index (κ2) is 16.9. The molecule has 10 rings (SSSR count). The number of nitrogens with one attached hydrogen (secondary N) is 4. The Labute approximate surface area is 320 Å². The molecular weight excluding hydrogens is 697 g/mol. The molecule has 5 aliphatic heterocycles. The van der Waals surface area contributed by atoms with Crippen LogP contribution in [0, 0.1) is 59.2 Å². The van der Waals surface area contributed by atoms with Gasteiger partial charge in [0.1, 0.15) is 24.7 Å². The lowest BCUT2D eigenvalue weighted by Gasteiger charge is -2.40. The van der Waals surface area contributed by atoms with E-state index in [2.05, 4.69) is 114 Å². The molecule has 0 saturated heterocycles. The maximum Gasteiger partial charge on any atom is 0.119 e. The predicted molar refractivity (Wildman–Crippen MR) is 221 cm³/mol. The molecule has 0 amide bonds. The van der Waals surface area contributed by atoms with Gasteiger partial charge in [-0.05, 0) is 33.5 Å². The van der Waals surface area contributed by atoms with Crippen LogP contribution in [0.5, 0.6) is 0 Å². The van der Waals surface area contributed by atoms with Gasteiger partial charge in [0.15, 0.2) is 0 Å². The van der Waals surface area contributed by atoms with Gasteiger partial charge in [0.25, 0.3) is 0 Å². The first-order valence-corrected chi connectivity index (χ1v) is 23.4. The summed E-state index contributed by atoms with van der Waals surface area (Å²) >= 11 is 8.25. The second-order valence-electron chi connectivity index (χ2n) is 15.5. The molecule has 10 unspecified atom stereocenters. The molecule has 0 saturated carbocycles. The van der Waals surface area contributed by atoms with E-state index in [4.69, 9.17) is 9.47 Å². The Bertz CT molecular complexity index is 1080. The largest absolute Gasteiger partial charge is 0.494 e. The van der Waals surface area contributed by atoms with Gasteiger partial charge in [-0.1, -0.05) is 69.2 Å². The van der Waals surface area contributed by atoms with Crippen molar-refractivity contribution >= 4 is 47.0 Å². The molecule has 0 aromatic carbocycles. The normalized spacial score (nSPS) is 38.0. The van der Waals surface area contributed by atoms with Crippen molar-refractivity contribution in [2.45, 2.75) is 69.2 Å². The van der Waals surface area contributed by atoms with Crippen molar-refractivity contribution in [3.63, 3.8) is 0 Å². The fourth-order valence-corrected chi connectivity index (χ4v) is 13.8. The molecular formula is C40H64N4O2S4. The second-order valence-corrected chi connectivity index (χ2v) is 20.1. The highest BCUT2D eigenvalue weighted by Gasteiger charge is 2.39. The number of rotatable bonds is 0. The van der Waals surface area contributed by atoms with Crippen LogP contribution in [0.25, 0.3) is 0 Å². The molecule has 50 heavy (non-hydrogen) atoms. The molecule has 10 aliphatic rings. The summed E-state index contributed by atoms with van der Waals surface area (Å²) in [6.45, 7) is 28.9. The number of hydrogen-bond donors (Lipinski definition) is 4. The first-order valence-electron chi connectivity index (χ1n) is 19.4. The van der Waals surface area contributed by atoms with Gasteiger partial charge >= 0.3 is 0 Å². The lowest BCUT2D eigenvalue weighted by molar-refractivity contribution is 0.103. The highest BCUT2D eigenvalue weighted by atomic mass is 32.2. The van der Waals surface area contributed by atoms with Gasteiger partial charge in [-0.15, -0.1) is 47.0 Å². The summed E-state index contributed by atoms with van der Waals surface area (Å²) in [7, 11) is 0. The molecule has 6 nitrogen and oxygen atoms in total. The molecule has 0 aromatic rings. The Morgan fingerprint density at radius 2 is 0.680 bits per heavy atom. The minimum Gasteiger partial charge on any atom is -0.494 e. The summed E-state index contributed by atoms with van der Waals surface area (Å²) in [5.41, 5.74) is 5.75. The van der Waals surface area contributed by atoms with Crippen LogP contribution in [0.2, 0.25) is 0 Å². The van der Waals surface area contributed by atoms with Gasteiger partial charge in [0.05, 0.1) is 11.4 Å². The number of ether oxygens (including phenoxy) is 2. The average molecular weight is 761 g/mol. The lowest BCUT2D eigenvalue weighted by atomic mass is 9.78. The maximum absolute atomic E-state index is 5.48. The van der Waals surface area contributed by atoms with E-state index in [-0.39, 0.29) is 0 Å². The Hall–Kier alpha value is -1.10. The molecule has 5 aliphatic carbocycles. The summed E-state index contributed by atoms with van der Waals surface area (Å²) < 4.78 is 11.0. The fraction of sp³-hybridized carbons (Fsp3) is 0.750. The molecule has 10 atom stereocenters. The van der Waals surface area contributed by atoms with Crippen LogP contribution in [0.1, 0.15) is 69.2 Å². The summed E-state index contributed by atoms with van der Waals surface area (Å²) in [5, 5.41) is 13.6. The van der Waals surface area contributed by atoms with E-state index in [1.807, 2.05) is 23.5 Å². The third-order valence-corrected chi connectivity index (χ3v) is 18.3. The molecule has 10 heteroatoms. The number of thioether (sulfide) groups is 4.